The number of benzene rings is 1. The van der Waals surface area contributed by atoms with E-state index in [0.717, 1.165) is 29.7 Å². The number of carbonyl (C=O) groups is 1. The van der Waals surface area contributed by atoms with Gasteiger partial charge in [-0.2, -0.15) is 0 Å². The maximum absolute atomic E-state index is 12.5. The molecule has 1 fully saturated rings. The smallest absolute Gasteiger partial charge is 0.256 e. The van der Waals surface area contributed by atoms with Gasteiger partial charge in [0, 0.05) is 29.9 Å². The summed E-state index contributed by atoms with van der Waals surface area (Å²) >= 11 is 0. The van der Waals surface area contributed by atoms with Crippen LogP contribution in [0.3, 0.4) is 0 Å². The van der Waals surface area contributed by atoms with Crippen LogP contribution in [0.4, 0.5) is 5.69 Å². The molecule has 0 aliphatic carbocycles. The highest BCUT2D eigenvalue weighted by Gasteiger charge is 2.39. The van der Waals surface area contributed by atoms with Gasteiger partial charge in [-0.1, -0.05) is 0 Å². The molecule has 1 amide bonds. The van der Waals surface area contributed by atoms with Crippen molar-refractivity contribution in [1.82, 2.24) is 10.3 Å². The minimum Gasteiger partial charge on any atom is -0.368 e. The van der Waals surface area contributed by atoms with Gasteiger partial charge in [0.1, 0.15) is 5.60 Å². The van der Waals surface area contributed by atoms with Crippen LogP contribution in [0, 0.1) is 0 Å². The summed E-state index contributed by atoms with van der Waals surface area (Å²) in [5.74, 6) is -0.0589. The highest BCUT2D eigenvalue weighted by Crippen LogP contribution is 2.25. The van der Waals surface area contributed by atoms with E-state index in [9.17, 15) is 4.79 Å². The van der Waals surface area contributed by atoms with Crippen LogP contribution in [-0.2, 0) is 9.53 Å². The third kappa shape index (κ3) is 3.05. The lowest BCUT2D eigenvalue weighted by Gasteiger charge is -2.34. The number of hydrogen-bond acceptors (Lipinski definition) is 3. The van der Waals surface area contributed by atoms with Crippen LogP contribution >= 0.6 is 12.4 Å². The van der Waals surface area contributed by atoms with Gasteiger partial charge >= 0.3 is 0 Å². The largest absolute Gasteiger partial charge is 0.368 e. The van der Waals surface area contributed by atoms with Gasteiger partial charge in [0.15, 0.2) is 0 Å². The van der Waals surface area contributed by atoms with E-state index in [2.05, 4.69) is 15.6 Å². The van der Waals surface area contributed by atoms with Crippen LogP contribution < -0.4 is 10.6 Å². The molecule has 3 N–H and O–H groups in total. The number of halogens is 1. The number of rotatable bonds is 3. The number of aromatic nitrogens is 1. The predicted octanol–water partition coefficient (Wildman–Crippen LogP) is 2.30. The minimum absolute atomic E-state index is 0. The minimum atomic E-state index is -0.710. The molecule has 1 aliphatic rings. The lowest BCUT2D eigenvalue weighted by atomic mass is 9.91. The van der Waals surface area contributed by atoms with Crippen molar-refractivity contribution in [3.05, 3.63) is 30.5 Å². The molecule has 1 aliphatic heterocycles. The van der Waals surface area contributed by atoms with Crippen molar-refractivity contribution in [2.45, 2.75) is 18.4 Å². The Morgan fingerprint density at radius 1 is 1.29 bits per heavy atom. The molecule has 2 heterocycles. The van der Waals surface area contributed by atoms with Crippen molar-refractivity contribution in [3.8, 4) is 0 Å². The summed E-state index contributed by atoms with van der Waals surface area (Å²) in [6, 6.07) is 7.82. The summed E-state index contributed by atoms with van der Waals surface area (Å²) in [5, 5.41) is 7.31. The molecule has 1 saturated heterocycles. The van der Waals surface area contributed by atoms with E-state index in [1.54, 1.807) is 7.11 Å². The maximum atomic E-state index is 12.5. The number of anilines is 1. The molecule has 6 heteroatoms. The van der Waals surface area contributed by atoms with Crippen LogP contribution in [0.15, 0.2) is 30.5 Å². The molecule has 114 valence electrons. The van der Waals surface area contributed by atoms with E-state index in [4.69, 9.17) is 4.74 Å². The monoisotopic (exact) mass is 309 g/mol. The normalized spacial score (nSPS) is 17.2. The van der Waals surface area contributed by atoms with Crippen molar-refractivity contribution in [2.75, 3.05) is 25.5 Å². The summed E-state index contributed by atoms with van der Waals surface area (Å²) in [5.41, 5.74) is 1.15. The van der Waals surface area contributed by atoms with Crippen molar-refractivity contribution >= 4 is 34.9 Å². The number of methoxy groups -OCH3 is 1. The Morgan fingerprint density at radius 3 is 2.76 bits per heavy atom. The van der Waals surface area contributed by atoms with Gasteiger partial charge in [0.25, 0.3) is 5.91 Å². The van der Waals surface area contributed by atoms with Crippen molar-refractivity contribution in [1.29, 1.82) is 0 Å². The second-order valence-corrected chi connectivity index (χ2v) is 5.18. The Labute approximate surface area is 129 Å². The second kappa shape index (κ2) is 6.47. The molecule has 0 bridgehead atoms. The van der Waals surface area contributed by atoms with E-state index in [-0.39, 0.29) is 18.3 Å². The number of ether oxygens (including phenoxy) is 1. The maximum Gasteiger partial charge on any atom is 0.256 e. The van der Waals surface area contributed by atoms with E-state index in [0.29, 0.717) is 12.8 Å². The summed E-state index contributed by atoms with van der Waals surface area (Å²) in [4.78, 5) is 15.7. The Bertz CT molecular complexity index is 620. The molecule has 5 nitrogen and oxygen atoms in total. The highest BCUT2D eigenvalue weighted by atomic mass is 35.5. The highest BCUT2D eigenvalue weighted by molar-refractivity contribution is 5.99. The molecular formula is C15H20ClN3O2. The Hall–Kier alpha value is -1.56. The van der Waals surface area contributed by atoms with Crippen LogP contribution in [-0.4, -0.2) is 36.7 Å². The summed E-state index contributed by atoms with van der Waals surface area (Å²) < 4.78 is 5.53. The summed E-state index contributed by atoms with van der Waals surface area (Å²) in [6.45, 7) is 1.61. The van der Waals surface area contributed by atoms with Crippen LogP contribution in [0.5, 0.6) is 0 Å². The second-order valence-electron chi connectivity index (χ2n) is 5.18. The Morgan fingerprint density at radius 2 is 2.05 bits per heavy atom. The summed E-state index contributed by atoms with van der Waals surface area (Å²) in [7, 11) is 1.61. The topological polar surface area (TPSA) is 66.1 Å². The van der Waals surface area contributed by atoms with Crippen molar-refractivity contribution in [3.63, 3.8) is 0 Å². The van der Waals surface area contributed by atoms with Gasteiger partial charge in [-0.3, -0.25) is 4.79 Å². The summed E-state index contributed by atoms with van der Waals surface area (Å²) in [6.07, 6.45) is 3.28. The number of carbonyl (C=O) groups excluding carboxylic acids is 1. The van der Waals surface area contributed by atoms with Gasteiger partial charge in [-0.15, -0.1) is 12.4 Å². The Balaban J connectivity index is 0.00000161. The number of amides is 1. The van der Waals surface area contributed by atoms with Gasteiger partial charge in [-0.05, 0) is 50.2 Å². The van der Waals surface area contributed by atoms with E-state index in [1.807, 2.05) is 30.5 Å². The van der Waals surface area contributed by atoms with Crippen molar-refractivity contribution in [2.24, 2.45) is 0 Å². The predicted molar refractivity (Wildman–Crippen MR) is 86.0 cm³/mol. The molecule has 0 atom stereocenters. The molecule has 2 aromatic rings. The standard InChI is InChI=1S/C15H19N3O2.ClH/c1-20-15(5-8-16-9-6-15)14(19)18-12-2-3-13-11(10-12)4-7-17-13;/h2-4,7,10,16-17H,5-6,8-9H2,1H3,(H,18,19);1H. The van der Waals surface area contributed by atoms with Gasteiger partial charge in [0.05, 0.1) is 0 Å². The van der Waals surface area contributed by atoms with E-state index >= 15 is 0 Å². The number of fused-ring (bicyclic) bond motifs is 1. The van der Waals surface area contributed by atoms with Crippen LogP contribution in [0.2, 0.25) is 0 Å². The molecule has 0 spiro atoms. The average molecular weight is 310 g/mol. The quantitative estimate of drug-likeness (QED) is 0.815. The van der Waals surface area contributed by atoms with Crippen LogP contribution in [0.25, 0.3) is 10.9 Å². The SMILES string of the molecule is COC1(C(=O)Nc2ccc3[nH]ccc3c2)CCNCC1.Cl. The lowest BCUT2D eigenvalue weighted by Crippen LogP contribution is -2.51. The fourth-order valence-corrected chi connectivity index (χ4v) is 2.73. The Kier molecular flexibility index (Phi) is 4.88. The zero-order valence-corrected chi connectivity index (χ0v) is 12.8. The molecule has 0 unspecified atom stereocenters. The third-order valence-corrected chi connectivity index (χ3v) is 4.03. The first-order chi connectivity index (χ1) is 9.73. The van der Waals surface area contributed by atoms with E-state index in [1.165, 1.54) is 0 Å². The first-order valence-electron chi connectivity index (χ1n) is 6.88. The van der Waals surface area contributed by atoms with Crippen LogP contribution in [0.1, 0.15) is 12.8 Å². The van der Waals surface area contributed by atoms with Gasteiger partial charge in [0.2, 0.25) is 0 Å². The molecule has 21 heavy (non-hydrogen) atoms. The number of aromatic amines is 1. The fraction of sp³-hybridized carbons (Fsp3) is 0.400. The van der Waals surface area contributed by atoms with E-state index < -0.39 is 5.60 Å². The molecular weight excluding hydrogens is 290 g/mol. The zero-order valence-electron chi connectivity index (χ0n) is 11.9. The molecule has 3 rings (SSSR count). The average Bonchev–Trinajstić information content (AvgIpc) is 2.95. The fourth-order valence-electron chi connectivity index (χ4n) is 2.73. The lowest BCUT2D eigenvalue weighted by molar-refractivity contribution is -0.140. The molecule has 0 saturated carbocycles. The van der Waals surface area contributed by atoms with Gasteiger partial charge < -0.3 is 20.4 Å². The molecule has 1 aromatic heterocycles. The van der Waals surface area contributed by atoms with Crippen molar-refractivity contribution < 1.29 is 9.53 Å². The number of H-pyrrole nitrogens is 1. The molecule has 0 radical (unpaired) electrons. The third-order valence-electron chi connectivity index (χ3n) is 4.03. The number of piperidine rings is 1. The zero-order chi connectivity index (χ0) is 14.0. The first kappa shape index (κ1) is 15.8. The van der Waals surface area contributed by atoms with Gasteiger partial charge in [-0.25, -0.2) is 0 Å². The number of hydrogen-bond donors (Lipinski definition) is 3. The molecule has 1 aromatic carbocycles. The first-order valence-corrected chi connectivity index (χ1v) is 6.88. The number of nitrogens with one attached hydrogen (secondary N) is 3.